The molecule has 7 heteroatoms. The molecule has 1 fully saturated rings. The third-order valence-corrected chi connectivity index (χ3v) is 5.26. The number of rotatable bonds is 6. The molecular formula is C19H24N4O2S. The quantitative estimate of drug-likeness (QED) is 0.718. The fourth-order valence-corrected chi connectivity index (χ4v) is 3.73. The Bertz CT molecular complexity index is 751. The Balaban J connectivity index is 1.47. The van der Waals surface area contributed by atoms with Gasteiger partial charge in [0.1, 0.15) is 0 Å². The van der Waals surface area contributed by atoms with E-state index in [2.05, 4.69) is 27.9 Å². The van der Waals surface area contributed by atoms with E-state index in [1.807, 2.05) is 24.3 Å². The number of hydrogen-bond donors (Lipinski definition) is 3. The molecule has 6 nitrogen and oxygen atoms in total. The van der Waals surface area contributed by atoms with Crippen LogP contribution < -0.4 is 16.0 Å². The number of carbonyl (C=O) groups is 2. The molecule has 3 N–H and O–H groups in total. The van der Waals surface area contributed by atoms with Gasteiger partial charge in [-0.25, -0.2) is 9.78 Å². The van der Waals surface area contributed by atoms with Crippen molar-refractivity contribution in [1.82, 2.24) is 10.3 Å². The molecule has 0 unspecified atom stereocenters. The highest BCUT2D eigenvalue weighted by molar-refractivity contribution is 7.13. The molecule has 1 aliphatic carbocycles. The number of aryl methyl sites for hydroxylation is 1. The molecule has 138 valence electrons. The van der Waals surface area contributed by atoms with E-state index < -0.39 is 0 Å². The van der Waals surface area contributed by atoms with Crippen LogP contribution in [0.25, 0.3) is 0 Å². The monoisotopic (exact) mass is 372 g/mol. The van der Waals surface area contributed by atoms with E-state index in [4.69, 9.17) is 0 Å². The van der Waals surface area contributed by atoms with Crippen LogP contribution in [-0.4, -0.2) is 23.0 Å². The molecule has 26 heavy (non-hydrogen) atoms. The largest absolute Gasteiger partial charge is 0.335 e. The third kappa shape index (κ3) is 5.29. The van der Waals surface area contributed by atoms with Crippen molar-refractivity contribution < 1.29 is 9.59 Å². The number of benzene rings is 1. The molecule has 0 spiro atoms. The second-order valence-corrected chi connectivity index (χ2v) is 7.36. The topological polar surface area (TPSA) is 83.1 Å². The molecule has 1 aromatic heterocycles. The minimum Gasteiger partial charge on any atom is -0.335 e. The summed E-state index contributed by atoms with van der Waals surface area (Å²) in [4.78, 5) is 28.4. The van der Waals surface area contributed by atoms with Crippen LogP contribution >= 0.6 is 11.3 Å². The molecule has 0 atom stereocenters. The van der Waals surface area contributed by atoms with Crippen molar-refractivity contribution in [2.75, 3.05) is 10.6 Å². The lowest BCUT2D eigenvalue weighted by Crippen LogP contribution is -2.36. The van der Waals surface area contributed by atoms with Crippen molar-refractivity contribution in [1.29, 1.82) is 0 Å². The van der Waals surface area contributed by atoms with Crippen LogP contribution in [0.5, 0.6) is 0 Å². The summed E-state index contributed by atoms with van der Waals surface area (Å²) in [6.45, 7) is 2.09. The first-order valence-electron chi connectivity index (χ1n) is 9.03. The molecule has 1 heterocycles. The number of amides is 3. The molecule has 1 saturated carbocycles. The number of nitrogens with one attached hydrogen (secondary N) is 3. The summed E-state index contributed by atoms with van der Waals surface area (Å²) in [5.74, 6) is -0.124. The average Bonchev–Trinajstić information content (AvgIpc) is 3.27. The second kappa shape index (κ2) is 8.80. The van der Waals surface area contributed by atoms with Crippen LogP contribution in [0, 0.1) is 0 Å². The number of carbonyl (C=O) groups excluding carboxylic acids is 2. The van der Waals surface area contributed by atoms with Crippen molar-refractivity contribution in [2.45, 2.75) is 51.5 Å². The Morgan fingerprint density at radius 1 is 1.15 bits per heavy atom. The van der Waals surface area contributed by atoms with Crippen LogP contribution in [0.1, 0.15) is 43.9 Å². The Hall–Kier alpha value is -2.41. The van der Waals surface area contributed by atoms with Gasteiger partial charge in [-0.05, 0) is 37.0 Å². The molecule has 0 radical (unpaired) electrons. The number of urea groups is 1. The highest BCUT2D eigenvalue weighted by atomic mass is 32.1. The maximum atomic E-state index is 12.2. The van der Waals surface area contributed by atoms with Gasteiger partial charge < -0.3 is 10.6 Å². The second-order valence-electron chi connectivity index (χ2n) is 6.50. The van der Waals surface area contributed by atoms with E-state index in [9.17, 15) is 9.59 Å². The minimum atomic E-state index is -0.224. The van der Waals surface area contributed by atoms with Gasteiger partial charge in [0.05, 0.1) is 12.1 Å². The van der Waals surface area contributed by atoms with E-state index >= 15 is 0 Å². The molecule has 0 saturated heterocycles. The van der Waals surface area contributed by atoms with Crippen molar-refractivity contribution >= 4 is 34.1 Å². The lowest BCUT2D eigenvalue weighted by molar-refractivity contribution is -0.115. The van der Waals surface area contributed by atoms with Gasteiger partial charge in [0.25, 0.3) is 0 Å². The summed E-state index contributed by atoms with van der Waals surface area (Å²) in [6.07, 6.45) is 5.56. The Morgan fingerprint density at radius 3 is 2.58 bits per heavy atom. The lowest BCUT2D eigenvalue weighted by atomic mass is 10.1. The average molecular weight is 372 g/mol. The highest BCUT2D eigenvalue weighted by Crippen LogP contribution is 2.19. The summed E-state index contributed by atoms with van der Waals surface area (Å²) in [5.41, 5.74) is 2.65. The smallest absolute Gasteiger partial charge is 0.321 e. The summed E-state index contributed by atoms with van der Waals surface area (Å²) < 4.78 is 0. The zero-order chi connectivity index (χ0) is 18.4. The van der Waals surface area contributed by atoms with Crippen molar-refractivity contribution in [3.8, 4) is 0 Å². The normalized spacial score (nSPS) is 14.2. The van der Waals surface area contributed by atoms with E-state index in [1.165, 1.54) is 29.7 Å². The molecule has 0 aliphatic heterocycles. The molecule has 3 rings (SSSR count). The maximum Gasteiger partial charge on any atom is 0.321 e. The maximum absolute atomic E-state index is 12.2. The van der Waals surface area contributed by atoms with Gasteiger partial charge in [-0.3, -0.25) is 10.1 Å². The van der Waals surface area contributed by atoms with Crippen molar-refractivity contribution in [3.63, 3.8) is 0 Å². The van der Waals surface area contributed by atoms with Crippen molar-refractivity contribution in [3.05, 3.63) is 40.9 Å². The number of anilines is 2. The fraction of sp³-hybridized carbons (Fsp3) is 0.421. The number of hydrogen-bond acceptors (Lipinski definition) is 4. The van der Waals surface area contributed by atoms with Crippen molar-refractivity contribution in [2.24, 2.45) is 0 Å². The molecule has 1 aromatic carbocycles. The van der Waals surface area contributed by atoms with E-state index in [1.54, 1.807) is 5.38 Å². The van der Waals surface area contributed by atoms with Crippen LogP contribution in [0.2, 0.25) is 0 Å². The van der Waals surface area contributed by atoms with E-state index in [0.717, 1.165) is 24.9 Å². The summed E-state index contributed by atoms with van der Waals surface area (Å²) in [7, 11) is 0. The summed E-state index contributed by atoms with van der Waals surface area (Å²) in [6, 6.07) is 7.85. The highest BCUT2D eigenvalue weighted by Gasteiger charge is 2.17. The number of thiazole rings is 1. The SMILES string of the molecule is CCc1ccc(NC(=O)Cc2csc(NC(=O)NC3CCCC3)n2)cc1. The van der Waals surface area contributed by atoms with Crippen LogP contribution in [0.15, 0.2) is 29.6 Å². The van der Waals surface area contributed by atoms with E-state index in [-0.39, 0.29) is 24.4 Å². The Labute approximate surface area is 157 Å². The first kappa shape index (κ1) is 18.4. The third-order valence-electron chi connectivity index (χ3n) is 4.45. The van der Waals surface area contributed by atoms with Gasteiger partial charge in [0, 0.05) is 17.1 Å². The molecule has 0 bridgehead atoms. The van der Waals surface area contributed by atoms with Gasteiger partial charge >= 0.3 is 6.03 Å². The number of nitrogens with zero attached hydrogens (tertiary/aromatic N) is 1. The summed E-state index contributed by atoms with van der Waals surface area (Å²) >= 11 is 1.33. The van der Waals surface area contributed by atoms with Gasteiger partial charge in [0.2, 0.25) is 5.91 Å². The van der Waals surface area contributed by atoms with Gasteiger partial charge in [0.15, 0.2) is 5.13 Å². The van der Waals surface area contributed by atoms with Gasteiger partial charge in [-0.2, -0.15) is 0 Å². The Kier molecular flexibility index (Phi) is 6.22. The number of aromatic nitrogens is 1. The van der Waals surface area contributed by atoms with Gasteiger partial charge in [-0.15, -0.1) is 11.3 Å². The molecule has 2 aromatic rings. The predicted octanol–water partition coefficient (Wildman–Crippen LogP) is 3.95. The molecule has 1 aliphatic rings. The minimum absolute atomic E-state index is 0.124. The fourth-order valence-electron chi connectivity index (χ4n) is 3.03. The van der Waals surface area contributed by atoms with Crippen LogP contribution in [0.3, 0.4) is 0 Å². The summed E-state index contributed by atoms with van der Waals surface area (Å²) in [5, 5.41) is 10.9. The molecular weight excluding hydrogens is 348 g/mol. The van der Waals surface area contributed by atoms with Crippen LogP contribution in [0.4, 0.5) is 15.6 Å². The van der Waals surface area contributed by atoms with Crippen LogP contribution in [-0.2, 0) is 17.6 Å². The lowest BCUT2D eigenvalue weighted by Gasteiger charge is -2.11. The predicted molar refractivity (Wildman–Crippen MR) is 105 cm³/mol. The molecule has 3 amide bonds. The zero-order valence-corrected chi connectivity index (χ0v) is 15.7. The van der Waals surface area contributed by atoms with E-state index in [0.29, 0.717) is 10.8 Å². The standard InChI is InChI=1S/C19H24N4O2S/c1-2-13-7-9-15(10-8-13)20-17(24)11-16-12-26-19(22-16)23-18(25)21-14-5-3-4-6-14/h7-10,12,14H,2-6,11H2,1H3,(H,20,24)(H2,21,22,23,25). The zero-order valence-electron chi connectivity index (χ0n) is 14.9. The van der Waals surface area contributed by atoms with Gasteiger partial charge in [-0.1, -0.05) is 31.9 Å². The first-order valence-corrected chi connectivity index (χ1v) is 9.91. The first-order chi connectivity index (χ1) is 12.6. The Morgan fingerprint density at radius 2 is 1.88 bits per heavy atom.